The Bertz CT molecular complexity index is 683. The number of hydrogen-bond acceptors (Lipinski definition) is 3. The molecule has 2 aromatic carbocycles. The van der Waals surface area contributed by atoms with Crippen molar-refractivity contribution in [2.24, 2.45) is 0 Å². The molecule has 1 aliphatic heterocycles. The van der Waals surface area contributed by atoms with E-state index in [4.69, 9.17) is 16.3 Å². The molecule has 1 aliphatic rings. The van der Waals surface area contributed by atoms with Gasteiger partial charge >= 0.3 is 0 Å². The van der Waals surface area contributed by atoms with E-state index in [1.807, 2.05) is 19.1 Å². The maximum absolute atomic E-state index is 6.33. The van der Waals surface area contributed by atoms with Gasteiger partial charge in [-0.25, -0.2) is 0 Å². The number of nitrogens with zero attached hydrogens (tertiary/aromatic N) is 1. The molecule has 4 heteroatoms. The molecule has 3 rings (SSSR count). The van der Waals surface area contributed by atoms with E-state index in [0.717, 1.165) is 42.5 Å². The van der Waals surface area contributed by atoms with Gasteiger partial charge in [0, 0.05) is 36.8 Å². The first kappa shape index (κ1) is 17.3. The van der Waals surface area contributed by atoms with Gasteiger partial charge in [0.05, 0.1) is 12.6 Å². The van der Waals surface area contributed by atoms with Gasteiger partial charge < -0.3 is 10.1 Å². The average Bonchev–Trinajstić information content (AvgIpc) is 2.59. The van der Waals surface area contributed by atoms with Crippen molar-refractivity contribution in [3.63, 3.8) is 0 Å². The van der Waals surface area contributed by atoms with Crippen molar-refractivity contribution < 1.29 is 4.74 Å². The van der Waals surface area contributed by atoms with Crippen LogP contribution in [0.25, 0.3) is 0 Å². The fourth-order valence-corrected chi connectivity index (χ4v) is 3.57. The monoisotopic (exact) mass is 344 g/mol. The van der Waals surface area contributed by atoms with Gasteiger partial charge in [-0.15, -0.1) is 0 Å². The minimum absolute atomic E-state index is 0.159. The summed E-state index contributed by atoms with van der Waals surface area (Å²) in [6.07, 6.45) is 0. The molecule has 0 bridgehead atoms. The van der Waals surface area contributed by atoms with Crippen molar-refractivity contribution in [3.8, 4) is 5.75 Å². The van der Waals surface area contributed by atoms with E-state index in [1.165, 1.54) is 11.1 Å². The van der Waals surface area contributed by atoms with E-state index in [1.54, 1.807) is 0 Å². The molecule has 3 nitrogen and oxygen atoms in total. The standard InChI is InChI=1S/C20H25ClN2O/c1-3-24-19-8-7-17(21)14-18(19)20(23-11-9-22-10-12-23)16-6-4-5-15(2)13-16/h4-8,13-14,20,22H,3,9-12H2,1-2H3. The number of benzene rings is 2. The van der Waals surface area contributed by atoms with Crippen LogP contribution >= 0.6 is 11.6 Å². The molecule has 0 saturated carbocycles. The van der Waals surface area contributed by atoms with Gasteiger partial charge in [-0.05, 0) is 37.6 Å². The minimum Gasteiger partial charge on any atom is -0.494 e. The molecule has 128 valence electrons. The summed E-state index contributed by atoms with van der Waals surface area (Å²) in [7, 11) is 0. The predicted octanol–water partition coefficient (Wildman–Crippen LogP) is 4.04. The van der Waals surface area contributed by atoms with Crippen LogP contribution in [-0.4, -0.2) is 37.7 Å². The third-order valence-corrected chi connectivity index (χ3v) is 4.68. The highest BCUT2D eigenvalue weighted by Crippen LogP contribution is 2.37. The molecule has 0 radical (unpaired) electrons. The molecule has 2 aromatic rings. The van der Waals surface area contributed by atoms with Crippen LogP contribution < -0.4 is 10.1 Å². The lowest BCUT2D eigenvalue weighted by Gasteiger charge is -2.36. The Hall–Kier alpha value is -1.55. The van der Waals surface area contributed by atoms with Crippen LogP contribution in [0.5, 0.6) is 5.75 Å². The van der Waals surface area contributed by atoms with Gasteiger partial charge in [0.15, 0.2) is 0 Å². The van der Waals surface area contributed by atoms with Crippen LogP contribution in [-0.2, 0) is 0 Å². The Kier molecular flexibility index (Phi) is 5.77. The Balaban J connectivity index is 2.08. The number of rotatable bonds is 5. The molecule has 1 N–H and O–H groups in total. The van der Waals surface area contributed by atoms with E-state index < -0.39 is 0 Å². The summed E-state index contributed by atoms with van der Waals surface area (Å²) in [4.78, 5) is 2.51. The van der Waals surface area contributed by atoms with Gasteiger partial charge in [0.2, 0.25) is 0 Å². The van der Waals surface area contributed by atoms with Gasteiger partial charge in [-0.3, -0.25) is 4.90 Å². The molecule has 0 aromatic heterocycles. The largest absolute Gasteiger partial charge is 0.494 e. The molecule has 0 spiro atoms. The van der Waals surface area contributed by atoms with Crippen LogP contribution in [0, 0.1) is 6.92 Å². The predicted molar refractivity (Wildman–Crippen MR) is 100 cm³/mol. The van der Waals surface area contributed by atoms with Crippen LogP contribution in [0.1, 0.15) is 29.7 Å². The van der Waals surface area contributed by atoms with E-state index in [9.17, 15) is 0 Å². The summed E-state index contributed by atoms with van der Waals surface area (Å²) < 4.78 is 5.91. The number of halogens is 1. The van der Waals surface area contributed by atoms with Crippen molar-refractivity contribution in [3.05, 3.63) is 64.2 Å². The fraction of sp³-hybridized carbons (Fsp3) is 0.400. The first-order chi connectivity index (χ1) is 11.7. The first-order valence-electron chi connectivity index (χ1n) is 8.62. The molecular weight excluding hydrogens is 320 g/mol. The fourth-order valence-electron chi connectivity index (χ4n) is 3.39. The van der Waals surface area contributed by atoms with Crippen LogP contribution in [0.3, 0.4) is 0 Å². The van der Waals surface area contributed by atoms with Gasteiger partial charge in [-0.1, -0.05) is 41.4 Å². The Morgan fingerprint density at radius 1 is 1.17 bits per heavy atom. The Labute approximate surface area is 149 Å². The molecule has 0 aliphatic carbocycles. The van der Waals surface area contributed by atoms with E-state index >= 15 is 0 Å². The summed E-state index contributed by atoms with van der Waals surface area (Å²) in [5, 5.41) is 4.19. The molecule has 1 saturated heterocycles. The topological polar surface area (TPSA) is 24.5 Å². The molecule has 24 heavy (non-hydrogen) atoms. The summed E-state index contributed by atoms with van der Waals surface area (Å²) >= 11 is 6.33. The first-order valence-corrected chi connectivity index (χ1v) is 9.00. The zero-order valence-corrected chi connectivity index (χ0v) is 15.1. The SMILES string of the molecule is CCOc1ccc(Cl)cc1C(c1cccc(C)c1)N1CCNCC1. The molecule has 1 atom stereocenters. The lowest BCUT2D eigenvalue weighted by atomic mass is 9.94. The lowest BCUT2D eigenvalue weighted by molar-refractivity contribution is 0.194. The molecule has 1 heterocycles. The number of piperazine rings is 1. The number of aryl methyl sites for hydroxylation is 1. The third-order valence-electron chi connectivity index (χ3n) is 4.44. The highest BCUT2D eigenvalue weighted by atomic mass is 35.5. The smallest absolute Gasteiger partial charge is 0.124 e. The number of ether oxygens (including phenoxy) is 1. The summed E-state index contributed by atoms with van der Waals surface area (Å²) in [6.45, 7) is 8.84. The van der Waals surface area contributed by atoms with E-state index in [2.05, 4.69) is 47.5 Å². The van der Waals surface area contributed by atoms with Crippen molar-refractivity contribution in [2.45, 2.75) is 19.9 Å². The molecule has 0 amide bonds. The molecule has 1 fully saturated rings. The summed E-state index contributed by atoms with van der Waals surface area (Å²) in [5.41, 5.74) is 3.71. The van der Waals surface area contributed by atoms with Gasteiger partial charge in [-0.2, -0.15) is 0 Å². The average molecular weight is 345 g/mol. The van der Waals surface area contributed by atoms with Crippen LogP contribution in [0.15, 0.2) is 42.5 Å². The lowest BCUT2D eigenvalue weighted by Crippen LogP contribution is -2.45. The van der Waals surface area contributed by atoms with E-state index in [-0.39, 0.29) is 6.04 Å². The second-order valence-electron chi connectivity index (χ2n) is 6.22. The minimum atomic E-state index is 0.159. The summed E-state index contributed by atoms with van der Waals surface area (Å²) in [5.74, 6) is 0.923. The van der Waals surface area contributed by atoms with Crippen molar-refractivity contribution >= 4 is 11.6 Å². The zero-order chi connectivity index (χ0) is 16.9. The zero-order valence-electron chi connectivity index (χ0n) is 14.4. The number of nitrogens with one attached hydrogen (secondary N) is 1. The van der Waals surface area contributed by atoms with Gasteiger partial charge in [0.25, 0.3) is 0 Å². The van der Waals surface area contributed by atoms with Crippen molar-refractivity contribution in [2.75, 3.05) is 32.8 Å². The highest BCUT2D eigenvalue weighted by molar-refractivity contribution is 6.30. The normalized spacial score (nSPS) is 16.8. The van der Waals surface area contributed by atoms with Gasteiger partial charge in [0.1, 0.15) is 5.75 Å². The van der Waals surface area contributed by atoms with Crippen molar-refractivity contribution in [1.82, 2.24) is 10.2 Å². The van der Waals surface area contributed by atoms with E-state index in [0.29, 0.717) is 6.61 Å². The maximum atomic E-state index is 6.33. The van der Waals surface area contributed by atoms with Crippen LogP contribution in [0.2, 0.25) is 5.02 Å². The molecule has 1 unspecified atom stereocenters. The second kappa shape index (κ2) is 8.02. The number of hydrogen-bond donors (Lipinski definition) is 1. The maximum Gasteiger partial charge on any atom is 0.124 e. The quantitative estimate of drug-likeness (QED) is 0.885. The van der Waals surface area contributed by atoms with Crippen molar-refractivity contribution in [1.29, 1.82) is 0 Å². The third kappa shape index (κ3) is 3.92. The molecular formula is C20H25ClN2O. The Morgan fingerprint density at radius 2 is 1.96 bits per heavy atom. The second-order valence-corrected chi connectivity index (χ2v) is 6.65. The highest BCUT2D eigenvalue weighted by Gasteiger charge is 2.27. The van der Waals surface area contributed by atoms with Crippen LogP contribution in [0.4, 0.5) is 0 Å². The summed E-state index contributed by atoms with van der Waals surface area (Å²) in [6, 6.07) is 14.9. The Morgan fingerprint density at radius 3 is 2.67 bits per heavy atom.